The van der Waals surface area contributed by atoms with E-state index in [2.05, 4.69) is 28.1 Å². The monoisotopic (exact) mass is 365 g/mol. The van der Waals surface area contributed by atoms with Crippen molar-refractivity contribution < 1.29 is 9.53 Å². The van der Waals surface area contributed by atoms with Crippen LogP contribution in [0.5, 0.6) is 5.75 Å². The number of hydrogen-bond acceptors (Lipinski definition) is 4. The Balaban J connectivity index is 1.49. The maximum atomic E-state index is 12.9. The maximum absolute atomic E-state index is 12.9. The van der Waals surface area contributed by atoms with Gasteiger partial charge in [-0.1, -0.05) is 18.6 Å². The van der Waals surface area contributed by atoms with Crippen LogP contribution in [0.25, 0.3) is 0 Å². The van der Waals surface area contributed by atoms with Crippen molar-refractivity contribution in [1.29, 1.82) is 0 Å². The highest BCUT2D eigenvalue weighted by Crippen LogP contribution is 2.32. The number of rotatable bonds is 4. The van der Waals surface area contributed by atoms with Crippen molar-refractivity contribution in [3.05, 3.63) is 59.9 Å². The minimum absolute atomic E-state index is 0.109. The molecule has 2 aliphatic heterocycles. The van der Waals surface area contributed by atoms with Crippen LogP contribution in [0.15, 0.2) is 48.8 Å². The van der Waals surface area contributed by atoms with E-state index in [4.69, 9.17) is 4.74 Å². The van der Waals surface area contributed by atoms with Gasteiger partial charge < -0.3 is 9.64 Å². The van der Waals surface area contributed by atoms with Crippen LogP contribution >= 0.6 is 0 Å². The van der Waals surface area contributed by atoms with Crippen LogP contribution in [0.4, 0.5) is 0 Å². The summed E-state index contributed by atoms with van der Waals surface area (Å²) >= 11 is 0. The second-order valence-electron chi connectivity index (χ2n) is 7.60. The van der Waals surface area contributed by atoms with Crippen LogP contribution in [0.2, 0.25) is 0 Å². The Bertz CT molecular complexity index is 780. The van der Waals surface area contributed by atoms with E-state index in [1.54, 1.807) is 19.5 Å². The van der Waals surface area contributed by atoms with Crippen molar-refractivity contribution in [3.63, 3.8) is 0 Å². The SMILES string of the molecule is COc1cccc(CN2CCCC[C@H]3CN(C(=O)c4cccnc4)C[C@H]32)c1. The highest BCUT2D eigenvalue weighted by atomic mass is 16.5. The Labute approximate surface area is 161 Å². The standard InChI is InChI=1S/C22H27N3O2/c1-27-20-9-4-6-17(12-20)14-24-11-3-2-7-19-15-25(16-21(19)24)22(26)18-8-5-10-23-13-18/h4-6,8-10,12-13,19,21H,2-3,7,11,14-16H2,1H3/t19-,21+/m0/s1. The van der Waals surface area contributed by atoms with Crippen LogP contribution in [0.3, 0.4) is 0 Å². The summed E-state index contributed by atoms with van der Waals surface area (Å²) in [6, 6.07) is 12.4. The highest BCUT2D eigenvalue weighted by molar-refractivity contribution is 5.94. The largest absolute Gasteiger partial charge is 0.497 e. The molecule has 2 atom stereocenters. The zero-order chi connectivity index (χ0) is 18.6. The molecule has 2 aromatic rings. The predicted molar refractivity (Wildman–Crippen MR) is 105 cm³/mol. The molecule has 0 radical (unpaired) electrons. The highest BCUT2D eigenvalue weighted by Gasteiger charge is 2.39. The van der Waals surface area contributed by atoms with Gasteiger partial charge in [-0.05, 0) is 55.1 Å². The topological polar surface area (TPSA) is 45.7 Å². The van der Waals surface area contributed by atoms with E-state index in [0.717, 1.165) is 31.9 Å². The molecule has 0 unspecified atom stereocenters. The van der Waals surface area contributed by atoms with E-state index < -0.39 is 0 Å². The first-order valence-electron chi connectivity index (χ1n) is 9.81. The van der Waals surface area contributed by atoms with Gasteiger partial charge in [0.15, 0.2) is 0 Å². The van der Waals surface area contributed by atoms with Gasteiger partial charge in [-0.15, -0.1) is 0 Å². The molecule has 0 saturated carbocycles. The van der Waals surface area contributed by atoms with Crippen molar-refractivity contribution in [3.8, 4) is 5.75 Å². The molecule has 1 aromatic heterocycles. The third-order valence-corrected chi connectivity index (χ3v) is 5.86. The number of carbonyl (C=O) groups excluding carboxylic acids is 1. The number of methoxy groups -OCH3 is 1. The summed E-state index contributed by atoms with van der Waals surface area (Å²) in [5.41, 5.74) is 1.96. The number of amides is 1. The van der Waals surface area contributed by atoms with Crippen molar-refractivity contribution in [1.82, 2.24) is 14.8 Å². The summed E-state index contributed by atoms with van der Waals surface area (Å²) < 4.78 is 5.38. The number of pyridine rings is 1. The fourth-order valence-electron chi connectivity index (χ4n) is 4.48. The molecule has 2 aliphatic rings. The van der Waals surface area contributed by atoms with Gasteiger partial charge in [0.2, 0.25) is 0 Å². The van der Waals surface area contributed by atoms with Crippen molar-refractivity contribution >= 4 is 5.91 Å². The Morgan fingerprint density at radius 2 is 2.15 bits per heavy atom. The molecule has 1 aromatic carbocycles. The molecule has 0 N–H and O–H groups in total. The normalized spacial score (nSPS) is 22.9. The minimum Gasteiger partial charge on any atom is -0.497 e. The minimum atomic E-state index is 0.109. The quantitative estimate of drug-likeness (QED) is 0.835. The zero-order valence-corrected chi connectivity index (χ0v) is 15.9. The second-order valence-corrected chi connectivity index (χ2v) is 7.60. The molecule has 3 heterocycles. The van der Waals surface area contributed by atoms with Gasteiger partial charge in [0.25, 0.3) is 5.91 Å². The molecule has 142 valence electrons. The summed E-state index contributed by atoms with van der Waals surface area (Å²) in [5.74, 6) is 1.56. The van der Waals surface area contributed by atoms with Crippen molar-refractivity contribution in [2.24, 2.45) is 5.92 Å². The van der Waals surface area contributed by atoms with Gasteiger partial charge in [0.1, 0.15) is 5.75 Å². The lowest BCUT2D eigenvalue weighted by Gasteiger charge is -2.30. The average Bonchev–Trinajstić information content (AvgIpc) is 3.06. The third-order valence-electron chi connectivity index (χ3n) is 5.86. The summed E-state index contributed by atoms with van der Waals surface area (Å²) in [6.45, 7) is 3.66. The summed E-state index contributed by atoms with van der Waals surface area (Å²) in [4.78, 5) is 21.6. The molecule has 0 aliphatic carbocycles. The molecule has 5 nitrogen and oxygen atoms in total. The van der Waals surface area contributed by atoms with Gasteiger partial charge >= 0.3 is 0 Å². The van der Waals surface area contributed by atoms with Gasteiger partial charge in [-0.25, -0.2) is 0 Å². The summed E-state index contributed by atoms with van der Waals surface area (Å²) in [7, 11) is 1.71. The van der Waals surface area contributed by atoms with Crippen LogP contribution in [-0.2, 0) is 6.54 Å². The van der Waals surface area contributed by atoms with E-state index in [-0.39, 0.29) is 5.91 Å². The van der Waals surface area contributed by atoms with Crippen LogP contribution in [0, 0.1) is 5.92 Å². The van der Waals surface area contributed by atoms with E-state index in [1.807, 2.05) is 23.1 Å². The first kappa shape index (κ1) is 18.0. The van der Waals surface area contributed by atoms with Gasteiger partial charge in [-0.3, -0.25) is 14.7 Å². The molecule has 2 fully saturated rings. The van der Waals surface area contributed by atoms with Crippen molar-refractivity contribution in [2.45, 2.75) is 31.8 Å². The van der Waals surface area contributed by atoms with Gasteiger partial charge in [0.05, 0.1) is 12.7 Å². The fraction of sp³-hybridized carbons (Fsp3) is 0.455. The van der Waals surface area contributed by atoms with Gasteiger partial charge in [0, 0.05) is 38.1 Å². The van der Waals surface area contributed by atoms with Crippen LogP contribution in [0.1, 0.15) is 35.2 Å². The number of aromatic nitrogens is 1. The molecule has 27 heavy (non-hydrogen) atoms. The number of fused-ring (bicyclic) bond motifs is 1. The summed E-state index contributed by atoms with van der Waals surface area (Å²) in [5, 5.41) is 0. The lowest BCUT2D eigenvalue weighted by molar-refractivity contribution is 0.0772. The molecule has 1 amide bonds. The predicted octanol–water partition coefficient (Wildman–Crippen LogP) is 3.22. The molecule has 4 rings (SSSR count). The van der Waals surface area contributed by atoms with Crippen LogP contribution in [-0.4, -0.2) is 53.5 Å². The molecular formula is C22H27N3O2. The first-order chi connectivity index (χ1) is 13.2. The van der Waals surface area contributed by atoms with E-state index in [1.165, 1.54) is 24.8 Å². The smallest absolute Gasteiger partial charge is 0.255 e. The molecule has 2 saturated heterocycles. The average molecular weight is 365 g/mol. The summed E-state index contributed by atoms with van der Waals surface area (Å²) in [6.07, 6.45) is 7.05. The van der Waals surface area contributed by atoms with E-state index in [9.17, 15) is 4.79 Å². The van der Waals surface area contributed by atoms with Gasteiger partial charge in [-0.2, -0.15) is 0 Å². The number of hydrogen-bond donors (Lipinski definition) is 0. The van der Waals surface area contributed by atoms with Crippen molar-refractivity contribution in [2.75, 3.05) is 26.7 Å². The first-order valence-corrected chi connectivity index (χ1v) is 9.81. The Hall–Kier alpha value is -2.40. The number of benzene rings is 1. The van der Waals surface area contributed by atoms with Crippen LogP contribution < -0.4 is 4.74 Å². The zero-order valence-electron chi connectivity index (χ0n) is 15.9. The lowest BCUT2D eigenvalue weighted by atomic mass is 9.98. The molecular weight excluding hydrogens is 338 g/mol. The molecule has 0 spiro atoms. The Morgan fingerprint density at radius 1 is 1.22 bits per heavy atom. The fourth-order valence-corrected chi connectivity index (χ4v) is 4.48. The van der Waals surface area contributed by atoms with E-state index in [0.29, 0.717) is 17.5 Å². The number of nitrogens with zero attached hydrogens (tertiary/aromatic N) is 3. The van der Waals surface area contributed by atoms with E-state index >= 15 is 0 Å². The molecule has 5 heteroatoms. The Morgan fingerprint density at radius 3 is 2.96 bits per heavy atom. The maximum Gasteiger partial charge on any atom is 0.255 e. The Kier molecular flexibility index (Phi) is 5.39. The number of likely N-dealkylation sites (tertiary alicyclic amines) is 2. The lowest BCUT2D eigenvalue weighted by Crippen LogP contribution is -2.40. The second kappa shape index (κ2) is 8.09. The number of ether oxygens (including phenoxy) is 1. The molecule has 0 bridgehead atoms. The third kappa shape index (κ3) is 3.98. The number of carbonyl (C=O) groups is 1.